The summed E-state index contributed by atoms with van der Waals surface area (Å²) in [6.45, 7) is 8.28. The lowest BCUT2D eigenvalue weighted by atomic mass is 9.82. The Balaban J connectivity index is 0.00000192. The number of nitrogens with one attached hydrogen (secondary N) is 2. The van der Waals surface area contributed by atoms with E-state index in [9.17, 15) is 0 Å². The summed E-state index contributed by atoms with van der Waals surface area (Å²) >= 11 is 0. The summed E-state index contributed by atoms with van der Waals surface area (Å²) in [7, 11) is 0. The number of aryl methyl sites for hydroxylation is 1. The highest BCUT2D eigenvalue weighted by Gasteiger charge is 2.53. The van der Waals surface area contributed by atoms with E-state index in [0.717, 1.165) is 38.6 Å². The fraction of sp³-hybridized carbons (Fsp3) is 0.591. The van der Waals surface area contributed by atoms with Crippen LogP contribution in [0.1, 0.15) is 30.9 Å². The minimum atomic E-state index is 0. The van der Waals surface area contributed by atoms with Crippen LogP contribution in [0.3, 0.4) is 0 Å². The van der Waals surface area contributed by atoms with Crippen molar-refractivity contribution in [3.63, 3.8) is 0 Å². The van der Waals surface area contributed by atoms with E-state index in [1.807, 2.05) is 0 Å². The van der Waals surface area contributed by atoms with Gasteiger partial charge in [-0.1, -0.05) is 12.1 Å². The van der Waals surface area contributed by atoms with E-state index in [4.69, 9.17) is 9.73 Å². The van der Waals surface area contributed by atoms with Gasteiger partial charge in [0, 0.05) is 55.1 Å². The molecule has 2 aromatic rings. The molecule has 2 bridgehead atoms. The maximum absolute atomic E-state index is 6.12. The summed E-state index contributed by atoms with van der Waals surface area (Å²) < 4.78 is 6.12. The highest BCUT2D eigenvalue weighted by Crippen LogP contribution is 2.47. The molecular weight excluding hydrogens is 463 g/mol. The van der Waals surface area contributed by atoms with Gasteiger partial charge in [0.25, 0.3) is 0 Å². The van der Waals surface area contributed by atoms with Crippen molar-refractivity contribution in [2.75, 3.05) is 26.2 Å². The number of halogens is 1. The second kappa shape index (κ2) is 8.22. The Morgan fingerprint density at radius 2 is 2.00 bits per heavy atom. The van der Waals surface area contributed by atoms with Crippen LogP contribution >= 0.6 is 24.0 Å². The first-order valence-electron chi connectivity index (χ1n) is 10.5. The molecule has 1 aromatic heterocycles. The SMILES string of the molecule is CCNC(=NCCc1c[nH]c2cccc(C)c12)N1CC2C3CCC(O3)C2C1.I. The van der Waals surface area contributed by atoms with Gasteiger partial charge in [-0.15, -0.1) is 24.0 Å². The molecule has 3 fully saturated rings. The van der Waals surface area contributed by atoms with Crippen molar-refractivity contribution < 1.29 is 4.74 Å². The number of hydrogen-bond donors (Lipinski definition) is 2. The van der Waals surface area contributed by atoms with Gasteiger partial charge in [-0.2, -0.15) is 0 Å². The zero-order chi connectivity index (χ0) is 18.4. The van der Waals surface area contributed by atoms with Crippen LogP contribution in [-0.2, 0) is 11.2 Å². The van der Waals surface area contributed by atoms with E-state index in [-0.39, 0.29) is 24.0 Å². The van der Waals surface area contributed by atoms with E-state index in [2.05, 4.69) is 53.4 Å². The second-order valence-electron chi connectivity index (χ2n) is 8.32. The normalized spacial score (nSPS) is 28.6. The number of ether oxygens (including phenoxy) is 1. The predicted molar refractivity (Wildman–Crippen MR) is 125 cm³/mol. The second-order valence-corrected chi connectivity index (χ2v) is 8.32. The molecule has 0 amide bonds. The number of aromatic nitrogens is 1. The number of fused-ring (bicyclic) bond motifs is 6. The molecule has 3 aliphatic heterocycles. The highest BCUT2D eigenvalue weighted by molar-refractivity contribution is 14.0. The molecule has 2 N–H and O–H groups in total. The summed E-state index contributed by atoms with van der Waals surface area (Å²) in [5.41, 5.74) is 3.93. The van der Waals surface area contributed by atoms with Gasteiger partial charge in [-0.05, 0) is 50.3 Å². The van der Waals surface area contributed by atoms with E-state index in [1.54, 1.807) is 0 Å². The Labute approximate surface area is 184 Å². The Hall–Kier alpha value is -1.28. The number of aromatic amines is 1. The minimum Gasteiger partial charge on any atom is -0.374 e. The van der Waals surface area contributed by atoms with Gasteiger partial charge >= 0.3 is 0 Å². The summed E-state index contributed by atoms with van der Waals surface area (Å²) in [6.07, 6.45) is 6.63. The zero-order valence-electron chi connectivity index (χ0n) is 16.8. The van der Waals surface area contributed by atoms with Crippen molar-refractivity contribution in [1.82, 2.24) is 15.2 Å². The van der Waals surface area contributed by atoms with Gasteiger partial charge in [0.05, 0.1) is 12.2 Å². The first-order valence-corrected chi connectivity index (χ1v) is 10.5. The fourth-order valence-electron chi connectivity index (χ4n) is 5.49. The lowest BCUT2D eigenvalue weighted by Gasteiger charge is -2.23. The Bertz CT molecular complexity index is 845. The van der Waals surface area contributed by atoms with Crippen molar-refractivity contribution in [3.8, 4) is 0 Å². The Morgan fingerprint density at radius 1 is 1.25 bits per heavy atom. The summed E-state index contributed by atoms with van der Waals surface area (Å²) in [5, 5.41) is 4.88. The molecular formula is C22H31IN4O. The molecule has 5 rings (SSSR count). The molecule has 3 saturated heterocycles. The zero-order valence-corrected chi connectivity index (χ0v) is 19.1. The number of H-pyrrole nitrogens is 1. The third-order valence-electron chi connectivity index (χ3n) is 6.73. The third kappa shape index (κ3) is 3.43. The quantitative estimate of drug-likeness (QED) is 0.387. The molecule has 0 spiro atoms. The van der Waals surface area contributed by atoms with E-state index < -0.39 is 0 Å². The average Bonchev–Trinajstić information content (AvgIpc) is 3.42. The molecule has 4 atom stereocenters. The summed E-state index contributed by atoms with van der Waals surface area (Å²) in [5.74, 6) is 2.51. The lowest BCUT2D eigenvalue weighted by molar-refractivity contribution is 0.0767. The Kier molecular flexibility index (Phi) is 5.88. The molecule has 4 heterocycles. The summed E-state index contributed by atoms with van der Waals surface area (Å²) in [6, 6.07) is 6.45. The first-order chi connectivity index (χ1) is 13.2. The highest BCUT2D eigenvalue weighted by atomic mass is 127. The van der Waals surface area contributed by atoms with E-state index >= 15 is 0 Å². The van der Waals surface area contributed by atoms with Crippen LogP contribution in [0.2, 0.25) is 0 Å². The van der Waals surface area contributed by atoms with Gasteiger partial charge in [-0.3, -0.25) is 4.99 Å². The van der Waals surface area contributed by atoms with Crippen LogP contribution < -0.4 is 5.32 Å². The van der Waals surface area contributed by atoms with Crippen LogP contribution in [0.25, 0.3) is 10.9 Å². The molecule has 5 nitrogen and oxygen atoms in total. The first kappa shape index (κ1) is 20.0. The fourth-order valence-corrected chi connectivity index (χ4v) is 5.49. The standard InChI is InChI=1S/C22H30N4O.HI/c1-3-23-22(26-12-16-17(13-26)20-8-7-19(16)27-20)24-10-9-15-11-25-18-6-4-5-14(2)21(15)18;/h4-6,11,16-17,19-20,25H,3,7-10,12-13H2,1-2H3,(H,23,24);1H. The molecule has 6 heteroatoms. The van der Waals surface area contributed by atoms with Crippen LogP contribution in [0, 0.1) is 18.8 Å². The molecule has 1 aromatic carbocycles. The number of nitrogens with zero attached hydrogens (tertiary/aromatic N) is 2. The molecule has 0 aliphatic carbocycles. The van der Waals surface area contributed by atoms with Crippen LogP contribution in [0.5, 0.6) is 0 Å². The van der Waals surface area contributed by atoms with Crippen LogP contribution in [-0.4, -0.2) is 54.2 Å². The van der Waals surface area contributed by atoms with Crippen molar-refractivity contribution in [1.29, 1.82) is 0 Å². The lowest BCUT2D eigenvalue weighted by Crippen LogP contribution is -2.41. The number of aliphatic imine (C=N–C) groups is 1. The maximum atomic E-state index is 6.12. The van der Waals surface area contributed by atoms with Crippen molar-refractivity contribution in [3.05, 3.63) is 35.5 Å². The number of rotatable bonds is 4. The molecule has 152 valence electrons. The Morgan fingerprint density at radius 3 is 2.71 bits per heavy atom. The smallest absolute Gasteiger partial charge is 0.193 e. The molecule has 3 aliphatic rings. The molecule has 0 saturated carbocycles. The molecule has 4 unspecified atom stereocenters. The molecule has 28 heavy (non-hydrogen) atoms. The average molecular weight is 494 g/mol. The monoisotopic (exact) mass is 494 g/mol. The number of hydrogen-bond acceptors (Lipinski definition) is 2. The van der Waals surface area contributed by atoms with Gasteiger partial charge < -0.3 is 19.9 Å². The van der Waals surface area contributed by atoms with Crippen LogP contribution in [0.4, 0.5) is 0 Å². The number of likely N-dealkylation sites (tertiary alicyclic amines) is 1. The molecule has 0 radical (unpaired) electrons. The summed E-state index contributed by atoms with van der Waals surface area (Å²) in [4.78, 5) is 10.9. The number of benzene rings is 1. The maximum Gasteiger partial charge on any atom is 0.193 e. The third-order valence-corrected chi connectivity index (χ3v) is 6.73. The van der Waals surface area contributed by atoms with Crippen LogP contribution in [0.15, 0.2) is 29.4 Å². The number of guanidine groups is 1. The van der Waals surface area contributed by atoms with Crippen molar-refractivity contribution in [2.24, 2.45) is 16.8 Å². The van der Waals surface area contributed by atoms with E-state index in [0.29, 0.717) is 24.0 Å². The van der Waals surface area contributed by atoms with Gasteiger partial charge in [0.15, 0.2) is 5.96 Å². The minimum absolute atomic E-state index is 0. The predicted octanol–water partition coefficient (Wildman–Crippen LogP) is 3.71. The van der Waals surface area contributed by atoms with Gasteiger partial charge in [0.2, 0.25) is 0 Å². The van der Waals surface area contributed by atoms with Gasteiger partial charge in [0.1, 0.15) is 0 Å². The largest absolute Gasteiger partial charge is 0.374 e. The van der Waals surface area contributed by atoms with Crippen molar-refractivity contribution in [2.45, 2.75) is 45.3 Å². The van der Waals surface area contributed by atoms with Gasteiger partial charge in [-0.25, -0.2) is 0 Å². The van der Waals surface area contributed by atoms with E-state index in [1.165, 1.54) is 34.9 Å². The topological polar surface area (TPSA) is 52.7 Å². The van der Waals surface area contributed by atoms with Crippen molar-refractivity contribution >= 4 is 40.8 Å².